The first-order valence-electron chi connectivity index (χ1n) is 5.65. The summed E-state index contributed by atoms with van der Waals surface area (Å²) in [5.74, 6) is 0.626. The quantitative estimate of drug-likeness (QED) is 0.719. The molecule has 0 bridgehead atoms. The Balaban J connectivity index is 1.99. The maximum Gasteiger partial charge on any atom is 0.122 e. The highest BCUT2D eigenvalue weighted by molar-refractivity contribution is 5.67. The van der Waals surface area contributed by atoms with E-state index in [1.54, 1.807) is 4.68 Å². The number of H-pyrrole nitrogens is 1. The molecule has 5 heteroatoms. The second-order valence-electron chi connectivity index (χ2n) is 4.11. The number of aromatic nitrogens is 4. The first-order valence-corrected chi connectivity index (χ1v) is 5.65. The van der Waals surface area contributed by atoms with Crippen LogP contribution in [0.15, 0.2) is 42.5 Å². The van der Waals surface area contributed by atoms with Crippen LogP contribution in [-0.2, 0) is 7.05 Å². The van der Waals surface area contributed by atoms with E-state index >= 15 is 0 Å². The Morgan fingerprint density at radius 3 is 2.56 bits per heavy atom. The predicted molar refractivity (Wildman–Crippen MR) is 70.6 cm³/mol. The number of aryl methyl sites for hydroxylation is 1. The summed E-state index contributed by atoms with van der Waals surface area (Å²) >= 11 is 0. The zero-order chi connectivity index (χ0) is 12.5. The standard InChI is InChI=1S/C13H13N5/c1-18-13(14)8-12(17-18)11-7-10(15-16-11)9-5-3-2-4-6-9/h2-8H,14H2,1H3,(H,15,16). The van der Waals surface area contributed by atoms with Gasteiger partial charge in [0.15, 0.2) is 0 Å². The lowest BCUT2D eigenvalue weighted by Crippen LogP contribution is -1.96. The molecule has 3 N–H and O–H groups in total. The van der Waals surface area contributed by atoms with Crippen LogP contribution in [0.2, 0.25) is 0 Å². The number of rotatable bonds is 2. The lowest BCUT2D eigenvalue weighted by atomic mass is 10.1. The van der Waals surface area contributed by atoms with Gasteiger partial charge in [-0.15, -0.1) is 0 Å². The number of nitrogen functional groups attached to an aromatic ring is 1. The smallest absolute Gasteiger partial charge is 0.122 e. The van der Waals surface area contributed by atoms with Crippen LogP contribution in [0.1, 0.15) is 0 Å². The first-order chi connectivity index (χ1) is 8.74. The minimum Gasteiger partial charge on any atom is -0.384 e. The molecule has 0 fully saturated rings. The molecular weight excluding hydrogens is 226 g/mol. The van der Waals surface area contributed by atoms with E-state index in [9.17, 15) is 0 Å². The topological polar surface area (TPSA) is 72.5 Å². The van der Waals surface area contributed by atoms with Gasteiger partial charge in [0.25, 0.3) is 0 Å². The molecule has 0 saturated carbocycles. The van der Waals surface area contributed by atoms with Gasteiger partial charge in [0.1, 0.15) is 11.5 Å². The van der Waals surface area contributed by atoms with Crippen molar-refractivity contribution in [1.29, 1.82) is 0 Å². The summed E-state index contributed by atoms with van der Waals surface area (Å²) in [6.07, 6.45) is 0. The van der Waals surface area contributed by atoms with Crippen LogP contribution in [0.25, 0.3) is 22.6 Å². The van der Waals surface area contributed by atoms with Gasteiger partial charge >= 0.3 is 0 Å². The molecule has 0 radical (unpaired) electrons. The van der Waals surface area contributed by atoms with E-state index in [2.05, 4.69) is 15.3 Å². The van der Waals surface area contributed by atoms with Gasteiger partial charge in [-0.2, -0.15) is 10.2 Å². The molecule has 0 aliphatic carbocycles. The van der Waals surface area contributed by atoms with Crippen molar-refractivity contribution < 1.29 is 0 Å². The molecule has 0 spiro atoms. The highest BCUT2D eigenvalue weighted by Crippen LogP contribution is 2.23. The Labute approximate surface area is 104 Å². The lowest BCUT2D eigenvalue weighted by Gasteiger charge is -1.92. The molecule has 2 aromatic heterocycles. The SMILES string of the molecule is Cn1nc(-c2cc(-c3ccccc3)n[nH]2)cc1N. The van der Waals surface area contributed by atoms with E-state index < -0.39 is 0 Å². The van der Waals surface area contributed by atoms with E-state index in [0.717, 1.165) is 22.6 Å². The highest BCUT2D eigenvalue weighted by Gasteiger charge is 2.09. The molecule has 90 valence electrons. The Kier molecular flexibility index (Phi) is 2.37. The van der Waals surface area contributed by atoms with Crippen LogP contribution in [0.4, 0.5) is 5.82 Å². The molecule has 0 aliphatic heterocycles. The van der Waals surface area contributed by atoms with Gasteiger partial charge in [-0.25, -0.2) is 0 Å². The predicted octanol–water partition coefficient (Wildman–Crippen LogP) is 2.06. The lowest BCUT2D eigenvalue weighted by molar-refractivity contribution is 0.781. The molecule has 0 unspecified atom stereocenters. The van der Waals surface area contributed by atoms with E-state index in [1.165, 1.54) is 0 Å². The van der Waals surface area contributed by atoms with E-state index in [4.69, 9.17) is 5.73 Å². The van der Waals surface area contributed by atoms with Gasteiger partial charge in [-0.1, -0.05) is 30.3 Å². The zero-order valence-corrected chi connectivity index (χ0v) is 9.96. The Bertz CT molecular complexity index is 646. The molecule has 3 aromatic rings. The fourth-order valence-electron chi connectivity index (χ4n) is 1.82. The van der Waals surface area contributed by atoms with Gasteiger partial charge in [0.05, 0.1) is 11.4 Å². The van der Waals surface area contributed by atoms with E-state index in [0.29, 0.717) is 5.82 Å². The second-order valence-corrected chi connectivity index (χ2v) is 4.11. The normalized spacial score (nSPS) is 10.7. The van der Waals surface area contributed by atoms with Crippen molar-refractivity contribution in [2.45, 2.75) is 0 Å². The minimum atomic E-state index is 0.626. The van der Waals surface area contributed by atoms with Gasteiger partial charge in [-0.05, 0) is 6.07 Å². The van der Waals surface area contributed by atoms with Crippen molar-refractivity contribution in [2.75, 3.05) is 5.73 Å². The van der Waals surface area contributed by atoms with Crippen molar-refractivity contribution in [2.24, 2.45) is 7.05 Å². The summed E-state index contributed by atoms with van der Waals surface area (Å²) in [6.45, 7) is 0. The maximum absolute atomic E-state index is 5.76. The third-order valence-corrected chi connectivity index (χ3v) is 2.84. The van der Waals surface area contributed by atoms with Crippen LogP contribution in [0.5, 0.6) is 0 Å². The van der Waals surface area contributed by atoms with Crippen molar-refractivity contribution in [3.05, 3.63) is 42.5 Å². The van der Waals surface area contributed by atoms with Gasteiger partial charge in [0, 0.05) is 18.7 Å². The monoisotopic (exact) mass is 239 g/mol. The van der Waals surface area contributed by atoms with Crippen molar-refractivity contribution in [3.8, 4) is 22.6 Å². The molecule has 5 nitrogen and oxygen atoms in total. The summed E-state index contributed by atoms with van der Waals surface area (Å²) in [5, 5.41) is 11.6. The highest BCUT2D eigenvalue weighted by atomic mass is 15.3. The molecule has 18 heavy (non-hydrogen) atoms. The number of hydrogen-bond acceptors (Lipinski definition) is 3. The summed E-state index contributed by atoms with van der Waals surface area (Å²) < 4.78 is 1.64. The third kappa shape index (κ3) is 1.75. The number of anilines is 1. The molecule has 0 aliphatic rings. The van der Waals surface area contributed by atoms with Gasteiger partial charge < -0.3 is 5.73 Å². The second kappa shape index (κ2) is 4.03. The molecule has 3 rings (SSSR count). The summed E-state index contributed by atoms with van der Waals surface area (Å²) in [5.41, 5.74) is 9.39. The van der Waals surface area contributed by atoms with Crippen LogP contribution in [-0.4, -0.2) is 20.0 Å². The molecule has 0 atom stereocenters. The number of nitrogens with two attached hydrogens (primary N) is 1. The average Bonchev–Trinajstić information content (AvgIpc) is 2.99. The minimum absolute atomic E-state index is 0.626. The number of hydrogen-bond donors (Lipinski definition) is 2. The van der Waals surface area contributed by atoms with Gasteiger partial charge in [0.2, 0.25) is 0 Å². The Hall–Kier alpha value is -2.56. The maximum atomic E-state index is 5.76. The Morgan fingerprint density at radius 2 is 1.89 bits per heavy atom. The van der Waals surface area contributed by atoms with Crippen LogP contribution in [0, 0.1) is 0 Å². The average molecular weight is 239 g/mol. The third-order valence-electron chi connectivity index (χ3n) is 2.84. The fraction of sp³-hybridized carbons (Fsp3) is 0.0769. The fourth-order valence-corrected chi connectivity index (χ4v) is 1.82. The first kappa shape index (κ1) is 10.6. The number of benzene rings is 1. The van der Waals surface area contributed by atoms with Crippen LogP contribution in [0.3, 0.4) is 0 Å². The Morgan fingerprint density at radius 1 is 1.11 bits per heavy atom. The number of nitrogens with zero attached hydrogens (tertiary/aromatic N) is 3. The number of nitrogens with one attached hydrogen (secondary N) is 1. The van der Waals surface area contributed by atoms with Crippen LogP contribution >= 0.6 is 0 Å². The largest absolute Gasteiger partial charge is 0.384 e. The summed E-state index contributed by atoms with van der Waals surface area (Å²) in [7, 11) is 1.81. The van der Waals surface area contributed by atoms with Crippen LogP contribution < -0.4 is 5.73 Å². The van der Waals surface area contributed by atoms with Crippen molar-refractivity contribution >= 4 is 5.82 Å². The molecule has 1 aromatic carbocycles. The van der Waals surface area contributed by atoms with Crippen molar-refractivity contribution in [3.63, 3.8) is 0 Å². The van der Waals surface area contributed by atoms with Crippen molar-refractivity contribution in [1.82, 2.24) is 20.0 Å². The molecule has 0 amide bonds. The zero-order valence-electron chi connectivity index (χ0n) is 9.96. The van der Waals surface area contributed by atoms with E-state index in [1.807, 2.05) is 49.5 Å². The number of aromatic amines is 1. The summed E-state index contributed by atoms with van der Waals surface area (Å²) in [6, 6.07) is 13.8. The van der Waals surface area contributed by atoms with Gasteiger partial charge in [-0.3, -0.25) is 9.78 Å². The van der Waals surface area contributed by atoms with E-state index in [-0.39, 0.29) is 0 Å². The molecule has 2 heterocycles. The molecule has 0 saturated heterocycles. The molecular formula is C13H13N5. The summed E-state index contributed by atoms with van der Waals surface area (Å²) in [4.78, 5) is 0.